The Balaban J connectivity index is 2.18. The summed E-state index contributed by atoms with van der Waals surface area (Å²) in [5.74, 6) is -0.320. The first-order valence-electron chi connectivity index (χ1n) is 7.33. The van der Waals surface area contributed by atoms with E-state index in [2.05, 4.69) is 9.98 Å². The van der Waals surface area contributed by atoms with Crippen molar-refractivity contribution in [2.24, 2.45) is 27.2 Å². The lowest BCUT2D eigenvalue weighted by molar-refractivity contribution is 0.467. The summed E-state index contributed by atoms with van der Waals surface area (Å²) in [6.45, 7) is 0.278. The Labute approximate surface area is 146 Å². The highest BCUT2D eigenvalue weighted by atomic mass is 32.2. The zero-order chi connectivity index (χ0) is 18.4. The van der Waals surface area contributed by atoms with E-state index in [4.69, 9.17) is 17.2 Å². The van der Waals surface area contributed by atoms with Crippen LogP contribution in [-0.4, -0.2) is 31.7 Å². The average Bonchev–Trinajstić information content (AvgIpc) is 2.55. The Morgan fingerprint density at radius 1 is 1.00 bits per heavy atom. The second-order valence-corrected chi connectivity index (χ2v) is 7.29. The minimum absolute atomic E-state index is 0.114. The van der Waals surface area contributed by atoms with Crippen molar-refractivity contribution in [3.63, 3.8) is 0 Å². The standard InChI is InChI=1S/C16H20N6O2S/c1-22(11-12-5-3-2-4-6-12)25(23,24)14-9-7-13(8-10-14)20-16(19)21-15(17)18/h2-10H,11H2,1H3,(H6,17,18,19,20,21). The van der Waals surface area contributed by atoms with Gasteiger partial charge in [0.1, 0.15) is 0 Å². The molecular weight excluding hydrogens is 340 g/mol. The summed E-state index contributed by atoms with van der Waals surface area (Å²) < 4.78 is 26.5. The normalized spacial score (nSPS) is 12.2. The zero-order valence-electron chi connectivity index (χ0n) is 13.7. The minimum atomic E-state index is -3.62. The fraction of sp³-hybridized carbons (Fsp3) is 0.125. The molecule has 132 valence electrons. The van der Waals surface area contributed by atoms with E-state index in [1.54, 1.807) is 0 Å². The van der Waals surface area contributed by atoms with Gasteiger partial charge in [0.05, 0.1) is 10.6 Å². The molecule has 0 saturated carbocycles. The number of aliphatic imine (C=N–C) groups is 2. The van der Waals surface area contributed by atoms with Crippen LogP contribution in [0, 0.1) is 0 Å². The number of nitrogens with zero attached hydrogens (tertiary/aromatic N) is 3. The second-order valence-electron chi connectivity index (χ2n) is 5.25. The number of guanidine groups is 2. The van der Waals surface area contributed by atoms with Crippen LogP contribution in [0.4, 0.5) is 5.69 Å². The highest BCUT2D eigenvalue weighted by molar-refractivity contribution is 7.89. The summed E-state index contributed by atoms with van der Waals surface area (Å²) in [7, 11) is -2.08. The van der Waals surface area contributed by atoms with Crippen LogP contribution < -0.4 is 17.2 Å². The molecule has 0 heterocycles. The largest absolute Gasteiger partial charge is 0.370 e. The first-order valence-corrected chi connectivity index (χ1v) is 8.77. The highest BCUT2D eigenvalue weighted by Gasteiger charge is 2.20. The van der Waals surface area contributed by atoms with E-state index >= 15 is 0 Å². The van der Waals surface area contributed by atoms with E-state index < -0.39 is 10.0 Å². The van der Waals surface area contributed by atoms with Gasteiger partial charge in [-0.15, -0.1) is 0 Å². The van der Waals surface area contributed by atoms with Crippen LogP contribution in [0.3, 0.4) is 0 Å². The summed E-state index contributed by atoms with van der Waals surface area (Å²) in [5, 5.41) is 0. The van der Waals surface area contributed by atoms with Crippen LogP contribution in [0.25, 0.3) is 0 Å². The number of nitrogens with two attached hydrogens (primary N) is 3. The summed E-state index contributed by atoms with van der Waals surface area (Å²) in [5.41, 5.74) is 17.3. The Morgan fingerprint density at radius 3 is 2.16 bits per heavy atom. The molecule has 0 aliphatic rings. The molecule has 2 aromatic carbocycles. The maximum atomic E-state index is 12.6. The Morgan fingerprint density at radius 2 is 1.60 bits per heavy atom. The second kappa shape index (κ2) is 7.77. The maximum absolute atomic E-state index is 12.6. The van der Waals surface area contributed by atoms with Gasteiger partial charge in [0, 0.05) is 13.6 Å². The van der Waals surface area contributed by atoms with Crippen LogP contribution in [0.2, 0.25) is 0 Å². The van der Waals surface area contributed by atoms with Crippen molar-refractivity contribution < 1.29 is 8.42 Å². The number of rotatable bonds is 5. The van der Waals surface area contributed by atoms with E-state index in [0.717, 1.165) is 5.56 Å². The molecule has 6 N–H and O–H groups in total. The fourth-order valence-corrected chi connectivity index (χ4v) is 3.25. The summed E-state index contributed by atoms with van der Waals surface area (Å²) in [6, 6.07) is 15.3. The Bertz CT molecular complexity index is 873. The van der Waals surface area contributed by atoms with Crippen LogP contribution in [0.1, 0.15) is 5.56 Å². The molecule has 9 heteroatoms. The molecule has 2 rings (SSSR count). The first kappa shape index (κ1) is 18.4. The predicted molar refractivity (Wildman–Crippen MR) is 98.6 cm³/mol. The first-order chi connectivity index (χ1) is 11.8. The molecule has 0 fully saturated rings. The van der Waals surface area contributed by atoms with Crippen molar-refractivity contribution in [3.8, 4) is 0 Å². The molecular formula is C16H20N6O2S. The Hall–Kier alpha value is -2.91. The molecule has 0 aliphatic heterocycles. The molecule has 0 aromatic heterocycles. The van der Waals surface area contributed by atoms with Gasteiger partial charge in [0.25, 0.3) is 0 Å². The minimum Gasteiger partial charge on any atom is -0.370 e. The third-order valence-corrected chi connectivity index (χ3v) is 5.10. The van der Waals surface area contributed by atoms with Gasteiger partial charge in [0.15, 0.2) is 5.96 Å². The molecule has 0 unspecified atom stereocenters. The third-order valence-electron chi connectivity index (χ3n) is 3.28. The van der Waals surface area contributed by atoms with Crippen molar-refractivity contribution in [1.29, 1.82) is 0 Å². The summed E-state index contributed by atoms with van der Waals surface area (Å²) >= 11 is 0. The van der Waals surface area contributed by atoms with Gasteiger partial charge in [-0.1, -0.05) is 30.3 Å². The van der Waals surface area contributed by atoms with Crippen molar-refractivity contribution in [2.75, 3.05) is 7.05 Å². The third kappa shape index (κ3) is 5.03. The number of hydrogen-bond acceptors (Lipinski definition) is 3. The van der Waals surface area contributed by atoms with Gasteiger partial charge < -0.3 is 17.2 Å². The van der Waals surface area contributed by atoms with Crippen LogP contribution in [0.15, 0.2) is 69.5 Å². The Kier molecular flexibility index (Phi) is 5.73. The van der Waals surface area contributed by atoms with Gasteiger partial charge in [-0.2, -0.15) is 9.30 Å². The van der Waals surface area contributed by atoms with Gasteiger partial charge in [0.2, 0.25) is 16.0 Å². The van der Waals surface area contributed by atoms with E-state index in [0.29, 0.717) is 5.69 Å². The van der Waals surface area contributed by atoms with Crippen molar-refractivity contribution >= 4 is 27.6 Å². The van der Waals surface area contributed by atoms with Crippen LogP contribution in [-0.2, 0) is 16.6 Å². The quantitative estimate of drug-likeness (QED) is 0.532. The van der Waals surface area contributed by atoms with E-state index in [1.165, 1.54) is 35.6 Å². The molecule has 0 atom stereocenters. The lowest BCUT2D eigenvalue weighted by Gasteiger charge is -2.17. The van der Waals surface area contributed by atoms with Crippen molar-refractivity contribution in [2.45, 2.75) is 11.4 Å². The molecule has 0 spiro atoms. The lowest BCUT2D eigenvalue weighted by Crippen LogP contribution is -2.26. The molecule has 0 saturated heterocycles. The van der Waals surface area contributed by atoms with Gasteiger partial charge >= 0.3 is 0 Å². The lowest BCUT2D eigenvalue weighted by atomic mass is 10.2. The maximum Gasteiger partial charge on any atom is 0.243 e. The average molecular weight is 360 g/mol. The molecule has 25 heavy (non-hydrogen) atoms. The summed E-state index contributed by atoms with van der Waals surface area (Å²) in [4.78, 5) is 7.72. The smallest absolute Gasteiger partial charge is 0.243 e. The zero-order valence-corrected chi connectivity index (χ0v) is 14.5. The van der Waals surface area contributed by atoms with E-state index in [-0.39, 0.29) is 23.4 Å². The summed E-state index contributed by atoms with van der Waals surface area (Å²) in [6.07, 6.45) is 0. The topological polar surface area (TPSA) is 140 Å². The van der Waals surface area contributed by atoms with Gasteiger partial charge in [-0.05, 0) is 29.8 Å². The van der Waals surface area contributed by atoms with Crippen molar-refractivity contribution in [1.82, 2.24) is 4.31 Å². The molecule has 0 aliphatic carbocycles. The molecule has 0 amide bonds. The van der Waals surface area contributed by atoms with Gasteiger partial charge in [-0.25, -0.2) is 13.4 Å². The predicted octanol–water partition coefficient (Wildman–Crippen LogP) is 0.727. The molecule has 2 aromatic rings. The number of hydrogen-bond donors (Lipinski definition) is 3. The van der Waals surface area contributed by atoms with Crippen LogP contribution in [0.5, 0.6) is 0 Å². The molecule has 8 nitrogen and oxygen atoms in total. The van der Waals surface area contributed by atoms with Crippen molar-refractivity contribution in [3.05, 3.63) is 60.2 Å². The molecule has 0 bridgehead atoms. The SMILES string of the molecule is CN(Cc1ccccc1)S(=O)(=O)c1ccc(N=C(N)N=C(N)N)cc1. The van der Waals surface area contributed by atoms with Crippen LogP contribution >= 0.6 is 0 Å². The van der Waals surface area contributed by atoms with Gasteiger partial charge in [-0.3, -0.25) is 0 Å². The highest BCUT2D eigenvalue weighted by Crippen LogP contribution is 2.20. The van der Waals surface area contributed by atoms with E-state index in [9.17, 15) is 8.42 Å². The monoisotopic (exact) mass is 360 g/mol. The molecule has 0 radical (unpaired) electrons. The number of benzene rings is 2. The number of sulfonamides is 1. The van der Waals surface area contributed by atoms with E-state index in [1.807, 2.05) is 30.3 Å². The fourth-order valence-electron chi connectivity index (χ4n) is 2.09.